The fourth-order valence-corrected chi connectivity index (χ4v) is 3.49. The molecule has 1 heterocycles. The van der Waals surface area contributed by atoms with Crippen LogP contribution in [-0.2, 0) is 14.8 Å². The summed E-state index contributed by atoms with van der Waals surface area (Å²) >= 11 is 0.769. The van der Waals surface area contributed by atoms with Gasteiger partial charge in [0.15, 0.2) is 0 Å². The second-order valence-electron chi connectivity index (χ2n) is 4.87. The van der Waals surface area contributed by atoms with Gasteiger partial charge in [-0.3, -0.25) is 0 Å². The summed E-state index contributed by atoms with van der Waals surface area (Å²) in [6.45, 7) is 4.79. The van der Waals surface area contributed by atoms with E-state index in [4.69, 9.17) is 9.84 Å². The zero-order valence-corrected chi connectivity index (χ0v) is 13.0. The van der Waals surface area contributed by atoms with Gasteiger partial charge in [0.05, 0.1) is 0 Å². The van der Waals surface area contributed by atoms with E-state index in [9.17, 15) is 18.0 Å². The van der Waals surface area contributed by atoms with Crippen LogP contribution in [0.15, 0.2) is 16.3 Å². The van der Waals surface area contributed by atoms with Crippen molar-refractivity contribution in [3.05, 3.63) is 16.3 Å². The summed E-state index contributed by atoms with van der Waals surface area (Å²) in [5, 5.41) is 10.3. The molecule has 0 spiro atoms. The first-order valence-electron chi connectivity index (χ1n) is 5.49. The van der Waals surface area contributed by atoms with Crippen LogP contribution in [0.2, 0.25) is 0 Å². The van der Waals surface area contributed by atoms with Crippen molar-refractivity contribution in [3.63, 3.8) is 0 Å². The van der Waals surface area contributed by atoms with E-state index in [0.717, 1.165) is 24.5 Å². The van der Waals surface area contributed by atoms with E-state index in [1.54, 1.807) is 20.8 Å². The monoisotopic (exact) mass is 321 g/mol. The summed E-state index contributed by atoms with van der Waals surface area (Å²) in [6, 6.07) is 1.14. The van der Waals surface area contributed by atoms with Gasteiger partial charge in [-0.2, -0.15) is 0 Å². The van der Waals surface area contributed by atoms with Crippen LogP contribution in [0.3, 0.4) is 0 Å². The number of carbonyl (C=O) groups excluding carboxylic acids is 1. The first-order valence-corrected chi connectivity index (χ1v) is 7.81. The van der Waals surface area contributed by atoms with Gasteiger partial charge >= 0.3 is 12.1 Å². The molecule has 0 fully saturated rings. The maximum atomic E-state index is 12.2. The summed E-state index contributed by atoms with van der Waals surface area (Å²) in [6.07, 6.45) is -1.07. The van der Waals surface area contributed by atoms with Crippen LogP contribution >= 0.6 is 11.3 Å². The van der Waals surface area contributed by atoms with Gasteiger partial charge < -0.3 is 9.84 Å². The normalized spacial score (nSPS) is 12.0. The second-order valence-corrected chi connectivity index (χ2v) is 7.73. The summed E-state index contributed by atoms with van der Waals surface area (Å²) in [5.41, 5.74) is -0.856. The first-order chi connectivity index (χ1) is 8.97. The number of rotatable bonds is 3. The molecule has 0 aliphatic rings. The van der Waals surface area contributed by atoms with Gasteiger partial charge in [-0.1, -0.05) is 0 Å². The molecule has 9 heteroatoms. The maximum absolute atomic E-state index is 12.2. The Kier molecular flexibility index (Phi) is 4.45. The van der Waals surface area contributed by atoms with Gasteiger partial charge in [-0.05, 0) is 32.2 Å². The van der Waals surface area contributed by atoms with E-state index in [1.165, 1.54) is 5.38 Å². The summed E-state index contributed by atoms with van der Waals surface area (Å²) in [4.78, 5) is 21.9. The Bertz CT molecular complexity index is 626. The molecule has 1 rings (SSSR count). The smallest absolute Gasteiger partial charge is 0.424 e. The van der Waals surface area contributed by atoms with Crippen molar-refractivity contribution >= 4 is 33.4 Å². The number of amides is 1. The number of hydrogen-bond acceptors (Lipinski definition) is 6. The predicted octanol–water partition coefficient (Wildman–Crippen LogP) is 2.00. The molecular formula is C11H15NO6S2. The Morgan fingerprint density at radius 3 is 2.35 bits per heavy atom. The fourth-order valence-electron chi connectivity index (χ4n) is 1.23. The molecular weight excluding hydrogens is 306 g/mol. The Morgan fingerprint density at radius 2 is 1.90 bits per heavy atom. The number of carboxylic acids is 1. The number of ether oxygens (including phenoxy) is 1. The lowest BCUT2D eigenvalue weighted by molar-refractivity contribution is 0.0419. The zero-order valence-electron chi connectivity index (χ0n) is 11.4. The quantitative estimate of drug-likeness (QED) is 0.913. The Morgan fingerprint density at radius 1 is 1.35 bits per heavy atom. The third-order valence-electron chi connectivity index (χ3n) is 2.11. The van der Waals surface area contributed by atoms with Gasteiger partial charge in [0.2, 0.25) is 0 Å². The van der Waals surface area contributed by atoms with Crippen molar-refractivity contribution in [2.45, 2.75) is 31.3 Å². The molecule has 7 nitrogen and oxygen atoms in total. The van der Waals surface area contributed by atoms with Crippen LogP contribution in [0, 0.1) is 0 Å². The zero-order chi connectivity index (χ0) is 15.7. The van der Waals surface area contributed by atoms with Gasteiger partial charge in [0, 0.05) is 7.05 Å². The lowest BCUT2D eigenvalue weighted by Gasteiger charge is -2.24. The lowest BCUT2D eigenvalue weighted by Crippen LogP contribution is -2.38. The molecule has 0 aliphatic heterocycles. The average Bonchev–Trinajstić information content (AvgIpc) is 2.74. The molecule has 1 aromatic rings. The van der Waals surface area contributed by atoms with Crippen molar-refractivity contribution < 1.29 is 27.9 Å². The third kappa shape index (κ3) is 3.48. The van der Waals surface area contributed by atoms with Gasteiger partial charge in [-0.25, -0.2) is 22.3 Å². The Hall–Kier alpha value is -1.61. The fraction of sp³-hybridized carbons (Fsp3) is 0.455. The number of thiophene rings is 1. The number of carbonyl (C=O) groups is 2. The number of carboxylic acid groups (broad SMARTS) is 1. The maximum Gasteiger partial charge on any atom is 0.424 e. The SMILES string of the molecule is CN(C(=O)OC(C)(C)C)S(=O)(=O)c1ccsc1C(=O)O. The molecule has 1 amide bonds. The van der Waals surface area contributed by atoms with Gasteiger partial charge in [0.1, 0.15) is 15.4 Å². The molecule has 1 N–H and O–H groups in total. The van der Waals surface area contributed by atoms with Crippen molar-refractivity contribution in [2.75, 3.05) is 7.05 Å². The number of aromatic carboxylic acids is 1. The van der Waals surface area contributed by atoms with Gasteiger partial charge in [-0.15, -0.1) is 11.3 Å². The molecule has 0 saturated heterocycles. The van der Waals surface area contributed by atoms with E-state index in [2.05, 4.69) is 0 Å². The molecule has 0 bridgehead atoms. The highest BCUT2D eigenvalue weighted by atomic mass is 32.2. The van der Waals surface area contributed by atoms with E-state index < -0.39 is 32.6 Å². The molecule has 1 aromatic heterocycles. The van der Waals surface area contributed by atoms with Gasteiger partial charge in [0.25, 0.3) is 10.0 Å². The molecule has 0 aromatic carbocycles. The minimum atomic E-state index is -4.25. The Balaban J connectivity index is 3.14. The molecule has 0 unspecified atom stereocenters. The van der Waals surface area contributed by atoms with Crippen molar-refractivity contribution in [1.29, 1.82) is 0 Å². The molecule has 112 valence electrons. The van der Waals surface area contributed by atoms with Crippen LogP contribution in [0.1, 0.15) is 30.4 Å². The molecule has 0 aliphatic carbocycles. The minimum absolute atomic E-state index is 0.347. The topological polar surface area (TPSA) is 101 Å². The summed E-state index contributed by atoms with van der Waals surface area (Å²) in [7, 11) is -3.23. The highest BCUT2D eigenvalue weighted by molar-refractivity contribution is 7.89. The van der Waals surface area contributed by atoms with E-state index in [-0.39, 0.29) is 4.88 Å². The standard InChI is InChI=1S/C11H15NO6S2/c1-11(2,3)18-10(15)12(4)20(16,17)7-5-6-19-8(7)9(13)14/h5-6H,1-4H3,(H,13,14). The average molecular weight is 321 g/mol. The predicted molar refractivity (Wildman–Crippen MR) is 72.5 cm³/mol. The second kappa shape index (κ2) is 5.41. The number of sulfonamides is 1. The van der Waals surface area contributed by atoms with E-state index in [1.807, 2.05) is 0 Å². The van der Waals surface area contributed by atoms with Crippen LogP contribution in [0.25, 0.3) is 0 Å². The molecule has 0 atom stereocenters. The lowest BCUT2D eigenvalue weighted by atomic mass is 10.2. The summed E-state index contributed by atoms with van der Waals surface area (Å²) in [5.74, 6) is -1.36. The van der Waals surface area contributed by atoms with Crippen LogP contribution in [0.4, 0.5) is 4.79 Å². The third-order valence-corrected chi connectivity index (χ3v) is 4.91. The van der Waals surface area contributed by atoms with Crippen LogP contribution in [-0.4, -0.2) is 42.5 Å². The largest absolute Gasteiger partial charge is 0.477 e. The van der Waals surface area contributed by atoms with E-state index >= 15 is 0 Å². The summed E-state index contributed by atoms with van der Waals surface area (Å²) < 4.78 is 29.8. The molecule has 0 radical (unpaired) electrons. The molecule has 20 heavy (non-hydrogen) atoms. The number of hydrogen-bond donors (Lipinski definition) is 1. The van der Waals surface area contributed by atoms with Crippen molar-refractivity contribution in [3.8, 4) is 0 Å². The van der Waals surface area contributed by atoms with Crippen LogP contribution < -0.4 is 0 Å². The van der Waals surface area contributed by atoms with Crippen molar-refractivity contribution in [1.82, 2.24) is 4.31 Å². The van der Waals surface area contributed by atoms with Crippen molar-refractivity contribution in [2.24, 2.45) is 0 Å². The first kappa shape index (κ1) is 16.4. The Labute approximate surface area is 120 Å². The van der Waals surface area contributed by atoms with Crippen LogP contribution in [0.5, 0.6) is 0 Å². The molecule has 0 saturated carbocycles. The highest BCUT2D eigenvalue weighted by Crippen LogP contribution is 2.25. The van der Waals surface area contributed by atoms with E-state index in [0.29, 0.717) is 4.31 Å². The number of nitrogens with zero attached hydrogens (tertiary/aromatic N) is 1. The minimum Gasteiger partial charge on any atom is -0.477 e. The highest BCUT2D eigenvalue weighted by Gasteiger charge is 2.33.